The van der Waals surface area contributed by atoms with Crippen molar-refractivity contribution in [1.82, 2.24) is 10.2 Å². The van der Waals surface area contributed by atoms with E-state index in [2.05, 4.69) is 10.2 Å². The van der Waals surface area contributed by atoms with Gasteiger partial charge in [-0.3, -0.25) is 0 Å². The topological polar surface area (TPSA) is 25.8 Å². The SMILES string of the molecule is CC.CC.CC.Cc1ccnnc1. The van der Waals surface area contributed by atoms with Crippen LogP contribution in [0.25, 0.3) is 0 Å². The van der Waals surface area contributed by atoms with Crippen LogP contribution in [0.1, 0.15) is 47.1 Å². The Morgan fingerprint density at radius 2 is 1.31 bits per heavy atom. The van der Waals surface area contributed by atoms with Crippen molar-refractivity contribution in [2.24, 2.45) is 0 Å². The molecule has 0 N–H and O–H groups in total. The van der Waals surface area contributed by atoms with Crippen molar-refractivity contribution >= 4 is 0 Å². The van der Waals surface area contributed by atoms with Crippen LogP contribution in [0.4, 0.5) is 0 Å². The van der Waals surface area contributed by atoms with E-state index in [4.69, 9.17) is 0 Å². The van der Waals surface area contributed by atoms with E-state index in [9.17, 15) is 0 Å². The van der Waals surface area contributed by atoms with Crippen LogP contribution in [-0.2, 0) is 0 Å². The first-order valence-corrected chi connectivity index (χ1v) is 5.13. The lowest BCUT2D eigenvalue weighted by Gasteiger charge is -1.80. The van der Waals surface area contributed by atoms with Gasteiger partial charge in [0.25, 0.3) is 0 Å². The lowest BCUT2D eigenvalue weighted by molar-refractivity contribution is 1.01. The Morgan fingerprint density at radius 3 is 1.46 bits per heavy atom. The molecule has 1 heterocycles. The number of aryl methyl sites for hydroxylation is 1. The quantitative estimate of drug-likeness (QED) is 0.612. The van der Waals surface area contributed by atoms with E-state index in [0.717, 1.165) is 5.56 Å². The zero-order valence-electron chi connectivity index (χ0n) is 10.1. The molecule has 1 aromatic rings. The second-order valence-electron chi connectivity index (χ2n) is 1.42. The fraction of sp³-hybridized carbons (Fsp3) is 0.636. The van der Waals surface area contributed by atoms with E-state index >= 15 is 0 Å². The van der Waals surface area contributed by atoms with Crippen molar-refractivity contribution in [2.45, 2.75) is 48.5 Å². The Kier molecular flexibility index (Phi) is 31.1. The number of rotatable bonds is 0. The average molecular weight is 184 g/mol. The van der Waals surface area contributed by atoms with Crippen LogP contribution in [-0.4, -0.2) is 10.2 Å². The maximum absolute atomic E-state index is 3.63. The van der Waals surface area contributed by atoms with Crippen LogP contribution in [0, 0.1) is 6.92 Å². The van der Waals surface area contributed by atoms with Gasteiger partial charge < -0.3 is 0 Å². The Balaban J connectivity index is -0.000000144. The van der Waals surface area contributed by atoms with Gasteiger partial charge in [0, 0.05) is 6.20 Å². The van der Waals surface area contributed by atoms with Crippen LogP contribution in [0.2, 0.25) is 0 Å². The van der Waals surface area contributed by atoms with Gasteiger partial charge in [-0.25, -0.2) is 0 Å². The summed E-state index contributed by atoms with van der Waals surface area (Å²) in [5.74, 6) is 0. The lowest BCUT2D eigenvalue weighted by atomic mass is 10.4. The summed E-state index contributed by atoms with van der Waals surface area (Å²) < 4.78 is 0. The summed E-state index contributed by atoms with van der Waals surface area (Å²) in [6, 6.07) is 1.91. The summed E-state index contributed by atoms with van der Waals surface area (Å²) in [5, 5.41) is 7.23. The molecule has 0 aliphatic rings. The van der Waals surface area contributed by atoms with Crippen molar-refractivity contribution in [2.75, 3.05) is 0 Å². The van der Waals surface area contributed by atoms with Crippen LogP contribution >= 0.6 is 0 Å². The van der Waals surface area contributed by atoms with Crippen molar-refractivity contribution in [3.63, 3.8) is 0 Å². The molecule has 0 saturated carbocycles. The van der Waals surface area contributed by atoms with E-state index in [1.54, 1.807) is 12.4 Å². The normalized spacial score (nSPS) is 6.08. The molecule has 0 aliphatic carbocycles. The van der Waals surface area contributed by atoms with Gasteiger partial charge in [-0.2, -0.15) is 10.2 Å². The molecular formula is C11H24N2. The summed E-state index contributed by atoms with van der Waals surface area (Å²) >= 11 is 0. The molecule has 1 aromatic heterocycles. The summed E-state index contributed by atoms with van der Waals surface area (Å²) in [5.41, 5.74) is 1.15. The van der Waals surface area contributed by atoms with E-state index in [-0.39, 0.29) is 0 Å². The molecule has 2 nitrogen and oxygen atoms in total. The molecule has 0 radical (unpaired) electrons. The first-order chi connectivity index (χ1) is 6.39. The van der Waals surface area contributed by atoms with Gasteiger partial charge in [-0.15, -0.1) is 0 Å². The van der Waals surface area contributed by atoms with E-state index in [1.165, 1.54) is 0 Å². The van der Waals surface area contributed by atoms with Crippen molar-refractivity contribution < 1.29 is 0 Å². The largest absolute Gasteiger partial charge is 0.159 e. The molecule has 0 atom stereocenters. The molecule has 2 heteroatoms. The van der Waals surface area contributed by atoms with Gasteiger partial charge >= 0.3 is 0 Å². The Hall–Kier alpha value is -0.920. The van der Waals surface area contributed by atoms with Gasteiger partial charge in [0.05, 0.1) is 6.20 Å². The maximum atomic E-state index is 3.63. The summed E-state index contributed by atoms with van der Waals surface area (Å²) in [4.78, 5) is 0. The van der Waals surface area contributed by atoms with Crippen molar-refractivity contribution in [1.29, 1.82) is 0 Å². The third kappa shape index (κ3) is 18.2. The van der Waals surface area contributed by atoms with Gasteiger partial charge in [0.15, 0.2) is 0 Å². The fourth-order valence-electron chi connectivity index (χ4n) is 0.357. The third-order valence-corrected chi connectivity index (χ3v) is 0.732. The standard InChI is InChI=1S/C5H6N2.3C2H6/c1-5-2-3-6-7-4-5;3*1-2/h2-4H,1H3;3*1-2H3. The van der Waals surface area contributed by atoms with Gasteiger partial charge in [-0.1, -0.05) is 41.5 Å². The van der Waals surface area contributed by atoms with Crippen molar-refractivity contribution in [3.05, 3.63) is 24.0 Å². The van der Waals surface area contributed by atoms with Crippen LogP contribution in [0.3, 0.4) is 0 Å². The Morgan fingerprint density at radius 1 is 0.846 bits per heavy atom. The first-order valence-electron chi connectivity index (χ1n) is 5.13. The fourth-order valence-corrected chi connectivity index (χ4v) is 0.357. The first kappa shape index (κ1) is 18.0. The van der Waals surface area contributed by atoms with E-state index in [1.807, 2.05) is 54.5 Å². The van der Waals surface area contributed by atoms with Gasteiger partial charge in [0.1, 0.15) is 0 Å². The minimum Gasteiger partial charge on any atom is -0.159 e. The Bertz CT molecular complexity index is 138. The minimum atomic E-state index is 1.15. The monoisotopic (exact) mass is 184 g/mol. The molecule has 0 bridgehead atoms. The molecule has 1 rings (SSSR count). The molecule has 13 heavy (non-hydrogen) atoms. The smallest absolute Gasteiger partial charge is 0.0525 e. The Labute approximate surface area is 83.4 Å². The minimum absolute atomic E-state index is 1.15. The van der Waals surface area contributed by atoms with E-state index < -0.39 is 0 Å². The number of hydrogen-bond acceptors (Lipinski definition) is 2. The molecule has 0 fully saturated rings. The number of aromatic nitrogens is 2. The van der Waals surface area contributed by atoms with Gasteiger partial charge in [-0.05, 0) is 18.6 Å². The molecule has 0 aliphatic heterocycles. The third-order valence-electron chi connectivity index (χ3n) is 0.732. The van der Waals surface area contributed by atoms with Crippen LogP contribution < -0.4 is 0 Å². The predicted octanol–water partition coefficient (Wildman–Crippen LogP) is 3.86. The van der Waals surface area contributed by atoms with Crippen LogP contribution in [0.5, 0.6) is 0 Å². The van der Waals surface area contributed by atoms with Crippen LogP contribution in [0.15, 0.2) is 18.5 Å². The molecule has 0 spiro atoms. The lowest BCUT2D eigenvalue weighted by Crippen LogP contribution is -1.76. The van der Waals surface area contributed by atoms with Crippen molar-refractivity contribution in [3.8, 4) is 0 Å². The highest BCUT2D eigenvalue weighted by Gasteiger charge is 1.74. The summed E-state index contributed by atoms with van der Waals surface area (Å²) in [6.45, 7) is 14.0. The highest BCUT2D eigenvalue weighted by Crippen LogP contribution is 1.85. The molecule has 0 unspecified atom stereocenters. The highest BCUT2D eigenvalue weighted by molar-refractivity contribution is 5.00. The molecule has 78 valence electrons. The highest BCUT2D eigenvalue weighted by atomic mass is 15.1. The molecule has 0 aromatic carbocycles. The maximum Gasteiger partial charge on any atom is 0.0525 e. The zero-order chi connectivity index (χ0) is 11.1. The molecule has 0 saturated heterocycles. The van der Waals surface area contributed by atoms with Gasteiger partial charge in [0.2, 0.25) is 0 Å². The molecule has 0 amide bonds. The summed E-state index contributed by atoms with van der Waals surface area (Å²) in [6.07, 6.45) is 3.40. The second-order valence-corrected chi connectivity index (χ2v) is 1.42. The predicted molar refractivity (Wildman–Crippen MR) is 60.8 cm³/mol. The second kappa shape index (κ2) is 22.5. The number of nitrogens with zero attached hydrogens (tertiary/aromatic N) is 2. The summed E-state index contributed by atoms with van der Waals surface area (Å²) in [7, 11) is 0. The number of hydrogen-bond donors (Lipinski definition) is 0. The zero-order valence-corrected chi connectivity index (χ0v) is 10.1. The molecular weight excluding hydrogens is 160 g/mol. The average Bonchev–Trinajstić information content (AvgIpc) is 2.28. The van der Waals surface area contributed by atoms with E-state index in [0.29, 0.717) is 0 Å².